The Balaban J connectivity index is 2.14. The average Bonchev–Trinajstić information content (AvgIpc) is 2.42. The second-order valence-electron chi connectivity index (χ2n) is 5.93. The SMILES string of the molecule is Cc1nn(C)c(N)c1CN1CC(C)OC(C)(C)C1. The molecule has 1 aliphatic heterocycles. The summed E-state index contributed by atoms with van der Waals surface area (Å²) in [4.78, 5) is 2.40. The van der Waals surface area contributed by atoms with Gasteiger partial charge < -0.3 is 10.5 Å². The van der Waals surface area contributed by atoms with Gasteiger partial charge in [0.25, 0.3) is 0 Å². The molecule has 0 aliphatic carbocycles. The molecule has 102 valence electrons. The molecule has 2 rings (SSSR count). The van der Waals surface area contributed by atoms with Crippen LogP contribution >= 0.6 is 0 Å². The minimum atomic E-state index is -0.0947. The summed E-state index contributed by atoms with van der Waals surface area (Å²) in [6.45, 7) is 11.1. The number of hydrogen-bond acceptors (Lipinski definition) is 4. The van der Waals surface area contributed by atoms with Crippen LogP contribution in [0.25, 0.3) is 0 Å². The van der Waals surface area contributed by atoms with Crippen LogP contribution in [0.5, 0.6) is 0 Å². The lowest BCUT2D eigenvalue weighted by atomic mass is 10.0. The molecule has 5 nitrogen and oxygen atoms in total. The zero-order valence-electron chi connectivity index (χ0n) is 12.0. The van der Waals surface area contributed by atoms with Gasteiger partial charge in [0.15, 0.2) is 0 Å². The number of hydrogen-bond donors (Lipinski definition) is 1. The first-order valence-electron chi connectivity index (χ1n) is 6.46. The molecule has 2 N–H and O–H groups in total. The Morgan fingerprint density at radius 2 is 2.17 bits per heavy atom. The molecule has 0 radical (unpaired) electrons. The van der Waals surface area contributed by atoms with Crippen molar-refractivity contribution in [3.63, 3.8) is 0 Å². The first-order valence-corrected chi connectivity index (χ1v) is 6.46. The van der Waals surface area contributed by atoms with Crippen molar-refractivity contribution in [2.45, 2.75) is 45.9 Å². The maximum Gasteiger partial charge on any atom is 0.126 e. The summed E-state index contributed by atoms with van der Waals surface area (Å²) in [7, 11) is 1.89. The number of nitrogen functional groups attached to an aromatic ring is 1. The van der Waals surface area contributed by atoms with Crippen LogP contribution in [0, 0.1) is 6.92 Å². The molecular weight excluding hydrogens is 228 g/mol. The van der Waals surface area contributed by atoms with E-state index >= 15 is 0 Å². The predicted molar refractivity (Wildman–Crippen MR) is 72.3 cm³/mol. The van der Waals surface area contributed by atoms with Gasteiger partial charge >= 0.3 is 0 Å². The molecule has 0 bridgehead atoms. The second-order valence-corrected chi connectivity index (χ2v) is 5.93. The fourth-order valence-corrected chi connectivity index (χ4v) is 2.85. The van der Waals surface area contributed by atoms with Crippen molar-refractivity contribution in [1.29, 1.82) is 0 Å². The van der Waals surface area contributed by atoms with Crippen molar-refractivity contribution in [1.82, 2.24) is 14.7 Å². The van der Waals surface area contributed by atoms with Crippen LogP contribution in [-0.2, 0) is 18.3 Å². The Kier molecular flexibility index (Phi) is 3.38. The number of ether oxygens (including phenoxy) is 1. The van der Waals surface area contributed by atoms with E-state index in [2.05, 4.69) is 30.8 Å². The average molecular weight is 252 g/mol. The summed E-state index contributed by atoms with van der Waals surface area (Å²) in [6, 6.07) is 0. The molecule has 1 aromatic heterocycles. The molecule has 1 aromatic rings. The van der Waals surface area contributed by atoms with Gasteiger partial charge in [0.05, 0.1) is 17.4 Å². The third-order valence-electron chi connectivity index (χ3n) is 3.42. The minimum absolute atomic E-state index is 0.0947. The van der Waals surface area contributed by atoms with Gasteiger partial charge in [0, 0.05) is 32.2 Å². The number of aromatic nitrogens is 2. The molecule has 1 fully saturated rings. The molecule has 0 spiro atoms. The van der Waals surface area contributed by atoms with Crippen LogP contribution < -0.4 is 5.73 Å². The van der Waals surface area contributed by atoms with Crippen molar-refractivity contribution in [3.8, 4) is 0 Å². The van der Waals surface area contributed by atoms with Gasteiger partial charge in [-0.2, -0.15) is 5.10 Å². The van der Waals surface area contributed by atoms with Crippen LogP contribution in [-0.4, -0.2) is 39.5 Å². The maximum atomic E-state index is 6.07. The molecule has 0 aromatic carbocycles. The Bertz CT molecular complexity index is 438. The fourth-order valence-electron chi connectivity index (χ4n) is 2.85. The lowest BCUT2D eigenvalue weighted by Gasteiger charge is -2.41. The highest BCUT2D eigenvalue weighted by atomic mass is 16.5. The van der Waals surface area contributed by atoms with Gasteiger partial charge in [-0.1, -0.05) is 0 Å². The number of rotatable bonds is 2. The zero-order chi connectivity index (χ0) is 13.5. The summed E-state index contributed by atoms with van der Waals surface area (Å²) in [5.74, 6) is 0.768. The summed E-state index contributed by atoms with van der Waals surface area (Å²) >= 11 is 0. The number of morpholine rings is 1. The van der Waals surface area contributed by atoms with E-state index in [1.165, 1.54) is 0 Å². The van der Waals surface area contributed by atoms with Crippen LogP contribution in [0.4, 0.5) is 5.82 Å². The van der Waals surface area contributed by atoms with E-state index in [1.807, 2.05) is 14.0 Å². The van der Waals surface area contributed by atoms with Crippen LogP contribution in [0.1, 0.15) is 32.0 Å². The summed E-state index contributed by atoms with van der Waals surface area (Å²) in [6.07, 6.45) is 0.256. The maximum absolute atomic E-state index is 6.07. The highest BCUT2D eigenvalue weighted by Crippen LogP contribution is 2.24. The highest BCUT2D eigenvalue weighted by Gasteiger charge is 2.31. The van der Waals surface area contributed by atoms with Crippen molar-refractivity contribution in [3.05, 3.63) is 11.3 Å². The fraction of sp³-hybridized carbons (Fsp3) is 0.769. The highest BCUT2D eigenvalue weighted by molar-refractivity contribution is 5.42. The van der Waals surface area contributed by atoms with Crippen LogP contribution in [0.15, 0.2) is 0 Å². The van der Waals surface area contributed by atoms with Crippen LogP contribution in [0.3, 0.4) is 0 Å². The summed E-state index contributed by atoms with van der Waals surface area (Å²) < 4.78 is 7.66. The predicted octanol–water partition coefficient (Wildman–Crippen LogP) is 1.31. The quantitative estimate of drug-likeness (QED) is 0.862. The Labute approximate surface area is 109 Å². The molecule has 2 heterocycles. The van der Waals surface area contributed by atoms with Gasteiger partial charge in [-0.15, -0.1) is 0 Å². The van der Waals surface area contributed by atoms with Crippen molar-refractivity contribution in [2.75, 3.05) is 18.8 Å². The lowest BCUT2D eigenvalue weighted by molar-refractivity contribution is -0.130. The largest absolute Gasteiger partial charge is 0.384 e. The van der Waals surface area contributed by atoms with Crippen molar-refractivity contribution >= 4 is 5.82 Å². The van der Waals surface area contributed by atoms with Crippen molar-refractivity contribution in [2.24, 2.45) is 7.05 Å². The minimum Gasteiger partial charge on any atom is -0.384 e. The Morgan fingerprint density at radius 3 is 2.67 bits per heavy atom. The van der Waals surface area contributed by atoms with E-state index in [0.717, 1.165) is 36.7 Å². The van der Waals surface area contributed by atoms with Gasteiger partial charge in [-0.25, -0.2) is 0 Å². The van der Waals surface area contributed by atoms with E-state index in [-0.39, 0.29) is 11.7 Å². The molecule has 0 saturated carbocycles. The van der Waals surface area contributed by atoms with E-state index in [4.69, 9.17) is 10.5 Å². The molecule has 0 amide bonds. The van der Waals surface area contributed by atoms with E-state index in [9.17, 15) is 0 Å². The monoisotopic (exact) mass is 252 g/mol. The van der Waals surface area contributed by atoms with Crippen LogP contribution in [0.2, 0.25) is 0 Å². The molecule has 18 heavy (non-hydrogen) atoms. The summed E-state index contributed by atoms with van der Waals surface area (Å²) in [5, 5.41) is 4.37. The standard InChI is InChI=1S/C13H24N4O/c1-9-6-17(8-13(3,4)18-9)7-11-10(2)15-16(5)12(11)14/h9H,6-8,14H2,1-5H3. The molecule has 1 aliphatic rings. The number of anilines is 1. The third kappa shape index (κ3) is 2.67. The first kappa shape index (κ1) is 13.4. The van der Waals surface area contributed by atoms with E-state index in [1.54, 1.807) is 4.68 Å². The van der Waals surface area contributed by atoms with E-state index < -0.39 is 0 Å². The van der Waals surface area contributed by atoms with Gasteiger partial charge in [0.2, 0.25) is 0 Å². The lowest BCUT2D eigenvalue weighted by Crippen LogP contribution is -2.51. The molecule has 1 unspecified atom stereocenters. The van der Waals surface area contributed by atoms with Crippen molar-refractivity contribution < 1.29 is 4.74 Å². The van der Waals surface area contributed by atoms with Gasteiger partial charge in [-0.05, 0) is 27.7 Å². The number of nitrogens with two attached hydrogens (primary N) is 1. The third-order valence-corrected chi connectivity index (χ3v) is 3.42. The topological polar surface area (TPSA) is 56.3 Å². The number of nitrogens with zero attached hydrogens (tertiary/aromatic N) is 3. The second kappa shape index (κ2) is 4.55. The molecule has 5 heteroatoms. The molecular formula is C13H24N4O. The van der Waals surface area contributed by atoms with Gasteiger partial charge in [-0.3, -0.25) is 9.58 Å². The van der Waals surface area contributed by atoms with Gasteiger partial charge in [0.1, 0.15) is 5.82 Å². The Morgan fingerprint density at radius 1 is 1.50 bits per heavy atom. The van der Waals surface area contributed by atoms with E-state index in [0.29, 0.717) is 0 Å². The Hall–Kier alpha value is -1.07. The molecule has 1 atom stereocenters. The zero-order valence-corrected chi connectivity index (χ0v) is 12.0. The summed E-state index contributed by atoms with van der Waals surface area (Å²) in [5.41, 5.74) is 8.13. The smallest absolute Gasteiger partial charge is 0.126 e. The number of aryl methyl sites for hydroxylation is 2. The normalized spacial score (nSPS) is 24.4. The first-order chi connectivity index (χ1) is 8.28. The molecule has 1 saturated heterocycles.